The zero-order valence-electron chi connectivity index (χ0n) is 38.6. The molecule has 12 heteroatoms. The monoisotopic (exact) mass is 892 g/mol. The molecule has 0 aromatic rings. The molecule has 3 atom stereocenters. The van der Waals surface area contributed by atoms with Gasteiger partial charge in [-0.05, 0) is 89.9 Å². The molecule has 0 rings (SSSR count). The molecule has 0 spiro atoms. The molecular weight excluding hydrogens is 806 g/mol. The van der Waals surface area contributed by atoms with E-state index in [1.807, 2.05) is 0 Å². The van der Waals surface area contributed by atoms with Gasteiger partial charge in [-0.3, -0.25) is 18.6 Å². The van der Waals surface area contributed by atoms with Gasteiger partial charge in [0, 0.05) is 12.8 Å². The van der Waals surface area contributed by atoms with Gasteiger partial charge in [-0.1, -0.05) is 164 Å². The molecule has 11 nitrogen and oxygen atoms in total. The van der Waals surface area contributed by atoms with E-state index in [1.54, 1.807) is 0 Å². The summed E-state index contributed by atoms with van der Waals surface area (Å²) in [6.45, 7) is 2.52. The van der Waals surface area contributed by atoms with Crippen molar-refractivity contribution in [1.82, 2.24) is 5.32 Å². The highest BCUT2D eigenvalue weighted by atomic mass is 31.2. The molecule has 62 heavy (non-hydrogen) atoms. The van der Waals surface area contributed by atoms with E-state index < -0.39 is 57.6 Å². The van der Waals surface area contributed by atoms with E-state index in [1.165, 1.54) is 57.8 Å². The number of rotatable bonds is 44. The van der Waals surface area contributed by atoms with Crippen molar-refractivity contribution in [2.24, 2.45) is 0 Å². The maximum atomic E-state index is 12.3. The first-order chi connectivity index (χ1) is 30.1. The fraction of sp³-hybridized carbons (Fsp3) is 0.700. The lowest BCUT2D eigenvalue weighted by Crippen LogP contribution is -2.43. The van der Waals surface area contributed by atoms with Gasteiger partial charge in [-0.25, -0.2) is 9.36 Å². The lowest BCUT2D eigenvalue weighted by molar-refractivity contribution is -0.147. The summed E-state index contributed by atoms with van der Waals surface area (Å²) in [5.74, 6) is -2.41. The highest BCUT2D eigenvalue weighted by Crippen LogP contribution is 2.43. The Kier molecular flexibility index (Phi) is 42.3. The van der Waals surface area contributed by atoms with E-state index >= 15 is 0 Å². The number of carboxylic acid groups (broad SMARTS) is 1. The fourth-order valence-electron chi connectivity index (χ4n) is 6.21. The summed E-state index contributed by atoms with van der Waals surface area (Å²) in [7, 11) is -4.77. The summed E-state index contributed by atoms with van der Waals surface area (Å²) in [6.07, 6.45) is 53.4. The molecule has 4 N–H and O–H groups in total. The average Bonchev–Trinajstić information content (AvgIpc) is 3.25. The average molecular weight is 892 g/mol. The Morgan fingerprint density at radius 3 is 1.32 bits per heavy atom. The van der Waals surface area contributed by atoms with Crippen molar-refractivity contribution in [2.75, 3.05) is 19.8 Å². The molecule has 0 aliphatic rings. The molecular formula is C50H86NO10P. The number of hydrogen-bond acceptors (Lipinski definition) is 8. The lowest BCUT2D eigenvalue weighted by atomic mass is 10.1. The van der Waals surface area contributed by atoms with Crippen LogP contribution in [0, 0.1) is 0 Å². The summed E-state index contributed by atoms with van der Waals surface area (Å²) < 4.78 is 26.9. The number of nitrogens with one attached hydrogen (secondary N) is 1. The first-order valence-electron chi connectivity index (χ1n) is 24.0. The van der Waals surface area contributed by atoms with E-state index in [0.29, 0.717) is 12.8 Å². The molecule has 1 amide bonds. The van der Waals surface area contributed by atoms with Gasteiger partial charge < -0.3 is 25.2 Å². The van der Waals surface area contributed by atoms with Crippen LogP contribution in [0.2, 0.25) is 0 Å². The summed E-state index contributed by atoms with van der Waals surface area (Å²) in [6, 6.07) is -1.56. The van der Waals surface area contributed by atoms with Crippen LogP contribution >= 0.6 is 7.82 Å². The molecule has 0 saturated carbocycles. The third kappa shape index (κ3) is 43.6. The van der Waals surface area contributed by atoms with Crippen molar-refractivity contribution in [3.63, 3.8) is 0 Å². The second kappa shape index (κ2) is 44.5. The first kappa shape index (κ1) is 58.9. The maximum Gasteiger partial charge on any atom is 0.472 e. The molecule has 0 aliphatic heterocycles. The van der Waals surface area contributed by atoms with Crippen LogP contribution in [0.5, 0.6) is 0 Å². The largest absolute Gasteiger partial charge is 0.480 e. The summed E-state index contributed by atoms with van der Waals surface area (Å²) in [4.78, 5) is 46.0. The Morgan fingerprint density at radius 2 is 0.887 bits per heavy atom. The van der Waals surface area contributed by atoms with Gasteiger partial charge >= 0.3 is 19.8 Å². The van der Waals surface area contributed by atoms with Crippen molar-refractivity contribution < 1.29 is 47.8 Å². The fourth-order valence-corrected chi connectivity index (χ4v) is 6.98. The van der Waals surface area contributed by atoms with Crippen molar-refractivity contribution in [3.8, 4) is 0 Å². The molecule has 0 radical (unpaired) electrons. The number of allylic oxidation sites excluding steroid dienone is 12. The van der Waals surface area contributed by atoms with Crippen LogP contribution in [0.15, 0.2) is 72.9 Å². The number of aliphatic hydroxyl groups excluding tert-OH is 1. The van der Waals surface area contributed by atoms with Crippen molar-refractivity contribution >= 4 is 25.7 Å². The van der Waals surface area contributed by atoms with Gasteiger partial charge in [0.1, 0.15) is 12.7 Å². The van der Waals surface area contributed by atoms with Crippen LogP contribution in [0.4, 0.5) is 0 Å². The number of aliphatic hydroxyl groups is 1. The van der Waals surface area contributed by atoms with E-state index in [2.05, 4.69) is 92.1 Å². The summed E-state index contributed by atoms with van der Waals surface area (Å²) in [5.41, 5.74) is 0. The number of ether oxygens (including phenoxy) is 1. The predicted octanol–water partition coefficient (Wildman–Crippen LogP) is 12.9. The molecule has 3 unspecified atom stereocenters. The normalized spacial score (nSPS) is 14.3. The standard InChI is InChI=1S/C50H86NO10P/c1-3-5-7-9-11-13-15-17-19-21-22-23-24-26-28-30-32-34-36-38-40-42-49(54)59-43-46(52)44-60-62(57,58)61-45-47(50(55)56)51-48(53)41-39-37-35-33-31-29-27-25-20-18-16-14-12-10-8-6-4-2/h11-14,17-20,22-23,26,28,46-47,52H,3-10,15-16,21,24-25,27,29-45H2,1-2H3,(H,51,53)(H,55,56)(H,57,58)/b13-11-,14-12-,19-17-,20-18-,23-22-,28-26-. The van der Waals surface area contributed by atoms with Gasteiger partial charge in [0.05, 0.1) is 13.2 Å². The van der Waals surface area contributed by atoms with Crippen molar-refractivity contribution in [1.29, 1.82) is 0 Å². The number of unbranched alkanes of at least 4 members (excludes halogenated alkanes) is 18. The van der Waals surface area contributed by atoms with E-state index in [0.717, 1.165) is 96.3 Å². The van der Waals surface area contributed by atoms with Gasteiger partial charge in [-0.2, -0.15) is 0 Å². The third-order valence-corrected chi connectivity index (χ3v) is 10.9. The number of phosphoric acid groups is 1. The van der Waals surface area contributed by atoms with Gasteiger partial charge in [0.2, 0.25) is 5.91 Å². The number of esters is 1. The van der Waals surface area contributed by atoms with Crippen LogP contribution in [0.3, 0.4) is 0 Å². The minimum atomic E-state index is -4.77. The molecule has 0 aromatic carbocycles. The Balaban J connectivity index is 3.92. The Bertz CT molecular complexity index is 1320. The number of carbonyl (C=O) groups is 3. The highest BCUT2D eigenvalue weighted by molar-refractivity contribution is 7.47. The third-order valence-electron chi connectivity index (χ3n) is 9.97. The van der Waals surface area contributed by atoms with Gasteiger partial charge in [0.15, 0.2) is 6.04 Å². The molecule has 0 bridgehead atoms. The van der Waals surface area contributed by atoms with Crippen LogP contribution in [-0.2, 0) is 32.7 Å². The first-order valence-corrected chi connectivity index (χ1v) is 25.5. The van der Waals surface area contributed by atoms with Crippen LogP contribution < -0.4 is 5.32 Å². The Labute approximate surface area is 376 Å². The number of carboxylic acids is 1. The minimum Gasteiger partial charge on any atom is -0.480 e. The topological polar surface area (TPSA) is 169 Å². The lowest BCUT2D eigenvalue weighted by Gasteiger charge is -2.18. The van der Waals surface area contributed by atoms with Crippen LogP contribution in [0.25, 0.3) is 0 Å². The highest BCUT2D eigenvalue weighted by Gasteiger charge is 2.28. The Hall–Kier alpha value is -3.08. The zero-order valence-corrected chi connectivity index (χ0v) is 39.5. The smallest absolute Gasteiger partial charge is 0.472 e. The number of phosphoric ester groups is 1. The number of aliphatic carboxylic acids is 1. The minimum absolute atomic E-state index is 0.132. The molecule has 0 aromatic heterocycles. The Morgan fingerprint density at radius 1 is 0.516 bits per heavy atom. The molecule has 356 valence electrons. The van der Waals surface area contributed by atoms with E-state index in [-0.39, 0.29) is 12.8 Å². The SMILES string of the molecule is CCCCC/C=C\C/C=C\C/C=C\C/C=C\CCCCCCCC(=O)OCC(O)COP(=O)(O)OCC(NC(=O)CCCCCCCCC/C=C\C/C=C\CCCCC)C(=O)O. The molecule has 0 aliphatic carbocycles. The van der Waals surface area contributed by atoms with E-state index in [4.69, 9.17) is 13.8 Å². The van der Waals surface area contributed by atoms with Gasteiger partial charge in [0.25, 0.3) is 0 Å². The quantitative estimate of drug-likeness (QED) is 0.0200. The van der Waals surface area contributed by atoms with Gasteiger partial charge in [-0.15, -0.1) is 0 Å². The second-order valence-corrected chi connectivity index (χ2v) is 17.4. The zero-order chi connectivity index (χ0) is 45.6. The predicted molar refractivity (Wildman–Crippen MR) is 254 cm³/mol. The number of hydrogen-bond donors (Lipinski definition) is 4. The maximum absolute atomic E-state index is 12.3. The number of amides is 1. The van der Waals surface area contributed by atoms with E-state index in [9.17, 15) is 34.1 Å². The van der Waals surface area contributed by atoms with Crippen molar-refractivity contribution in [3.05, 3.63) is 72.9 Å². The van der Waals surface area contributed by atoms with Crippen molar-refractivity contribution in [2.45, 2.75) is 206 Å². The summed E-state index contributed by atoms with van der Waals surface area (Å²) >= 11 is 0. The van der Waals surface area contributed by atoms with Crippen LogP contribution in [-0.4, -0.2) is 64.9 Å². The molecule has 0 fully saturated rings. The number of carbonyl (C=O) groups excluding carboxylic acids is 2. The molecule has 0 saturated heterocycles. The van der Waals surface area contributed by atoms with Crippen LogP contribution in [0.1, 0.15) is 194 Å². The second-order valence-electron chi connectivity index (χ2n) is 15.9. The molecule has 0 heterocycles. The summed E-state index contributed by atoms with van der Waals surface area (Å²) in [5, 5.41) is 21.9.